The number of halogens is 1. The monoisotopic (exact) mass is 416 g/mol. The standard InChI is InChI=1S/C16H22BrN3O3S/c1-3-8-18-16(21)13(2)19-9-11-20(12-10-19)24(22,23)15-6-4-14(17)5-7-15/h3-7,13H,1,8-12H2,2H3,(H,18,21)/p+1/t13-/m1/s1. The maximum Gasteiger partial charge on any atom is 0.278 e. The van der Waals surface area contributed by atoms with Crippen molar-refractivity contribution >= 4 is 31.9 Å². The number of carbonyl (C=O) groups excluding carboxylic acids is 1. The maximum absolute atomic E-state index is 12.7. The van der Waals surface area contributed by atoms with Crippen LogP contribution in [-0.4, -0.2) is 57.4 Å². The first-order chi connectivity index (χ1) is 11.4. The van der Waals surface area contributed by atoms with Crippen LogP contribution in [0.2, 0.25) is 0 Å². The minimum atomic E-state index is -3.48. The summed E-state index contributed by atoms with van der Waals surface area (Å²) in [5.74, 6) is -0.0332. The molecule has 2 N–H and O–H groups in total. The summed E-state index contributed by atoms with van der Waals surface area (Å²) in [5, 5.41) is 2.79. The fourth-order valence-electron chi connectivity index (χ4n) is 2.71. The summed E-state index contributed by atoms with van der Waals surface area (Å²) >= 11 is 3.31. The lowest BCUT2D eigenvalue weighted by atomic mass is 10.2. The summed E-state index contributed by atoms with van der Waals surface area (Å²) in [7, 11) is -3.48. The van der Waals surface area contributed by atoms with E-state index in [1.54, 1.807) is 30.3 Å². The summed E-state index contributed by atoms with van der Waals surface area (Å²) in [6.45, 7) is 7.93. The lowest BCUT2D eigenvalue weighted by Gasteiger charge is -2.34. The molecule has 1 aromatic carbocycles. The van der Waals surface area contributed by atoms with Gasteiger partial charge in [-0.2, -0.15) is 4.31 Å². The Morgan fingerprint density at radius 2 is 1.96 bits per heavy atom. The van der Waals surface area contributed by atoms with E-state index in [2.05, 4.69) is 27.8 Å². The predicted octanol–water partition coefficient (Wildman–Crippen LogP) is 0.0290. The van der Waals surface area contributed by atoms with Crippen molar-refractivity contribution in [3.8, 4) is 0 Å². The van der Waals surface area contributed by atoms with Crippen LogP contribution < -0.4 is 10.2 Å². The third-order valence-corrected chi connectivity index (χ3v) is 6.68. The largest absolute Gasteiger partial charge is 0.347 e. The Bertz CT molecular complexity index is 683. The molecule has 2 rings (SSSR count). The predicted molar refractivity (Wildman–Crippen MR) is 96.3 cm³/mol. The van der Waals surface area contributed by atoms with E-state index in [9.17, 15) is 13.2 Å². The molecule has 1 amide bonds. The first-order valence-electron chi connectivity index (χ1n) is 7.85. The van der Waals surface area contributed by atoms with Gasteiger partial charge in [-0.3, -0.25) is 4.79 Å². The first-order valence-corrected chi connectivity index (χ1v) is 10.1. The molecule has 24 heavy (non-hydrogen) atoms. The second-order valence-corrected chi connectivity index (χ2v) is 8.63. The molecular formula is C16H23BrN3O3S+. The van der Waals surface area contributed by atoms with Gasteiger partial charge in [0.05, 0.1) is 31.1 Å². The second kappa shape index (κ2) is 8.24. The van der Waals surface area contributed by atoms with Crippen LogP contribution in [-0.2, 0) is 14.8 Å². The normalized spacial score (nSPS) is 18.1. The molecule has 1 heterocycles. The van der Waals surface area contributed by atoms with Crippen LogP contribution in [0.25, 0.3) is 0 Å². The quantitative estimate of drug-likeness (QED) is 0.642. The molecule has 0 unspecified atom stereocenters. The second-order valence-electron chi connectivity index (χ2n) is 5.77. The van der Waals surface area contributed by atoms with Crippen molar-refractivity contribution in [2.24, 2.45) is 0 Å². The lowest BCUT2D eigenvalue weighted by molar-refractivity contribution is -0.917. The van der Waals surface area contributed by atoms with E-state index in [4.69, 9.17) is 0 Å². The summed E-state index contributed by atoms with van der Waals surface area (Å²) in [6, 6.07) is 6.44. The van der Waals surface area contributed by atoms with Gasteiger partial charge in [0.2, 0.25) is 10.0 Å². The fourth-order valence-corrected chi connectivity index (χ4v) is 4.42. The molecule has 1 atom stereocenters. The van der Waals surface area contributed by atoms with Gasteiger partial charge in [0.1, 0.15) is 0 Å². The summed E-state index contributed by atoms with van der Waals surface area (Å²) in [5.41, 5.74) is 0. The van der Waals surface area contributed by atoms with Crippen LogP contribution in [0.3, 0.4) is 0 Å². The van der Waals surface area contributed by atoms with Crippen LogP contribution >= 0.6 is 15.9 Å². The minimum absolute atomic E-state index is 0.0332. The third-order valence-electron chi connectivity index (χ3n) is 4.24. The van der Waals surface area contributed by atoms with Crippen LogP contribution in [0.1, 0.15) is 6.92 Å². The van der Waals surface area contributed by atoms with Gasteiger partial charge in [-0.15, -0.1) is 6.58 Å². The van der Waals surface area contributed by atoms with Crippen molar-refractivity contribution in [2.45, 2.75) is 17.9 Å². The van der Waals surface area contributed by atoms with Crippen LogP contribution in [0.4, 0.5) is 0 Å². The van der Waals surface area contributed by atoms with Crippen LogP contribution in [0.5, 0.6) is 0 Å². The van der Waals surface area contributed by atoms with E-state index >= 15 is 0 Å². The molecule has 0 aromatic heterocycles. The van der Waals surface area contributed by atoms with Crippen molar-refractivity contribution < 1.29 is 18.1 Å². The number of carbonyl (C=O) groups is 1. The van der Waals surface area contributed by atoms with E-state index < -0.39 is 10.0 Å². The molecule has 132 valence electrons. The Morgan fingerprint density at radius 1 is 1.38 bits per heavy atom. The van der Waals surface area contributed by atoms with E-state index in [-0.39, 0.29) is 11.9 Å². The number of rotatable bonds is 6. The van der Waals surface area contributed by atoms with Crippen molar-refractivity contribution in [3.63, 3.8) is 0 Å². The first kappa shape index (κ1) is 19.1. The van der Waals surface area contributed by atoms with Gasteiger partial charge < -0.3 is 10.2 Å². The van der Waals surface area contributed by atoms with E-state index in [0.29, 0.717) is 37.6 Å². The summed E-state index contributed by atoms with van der Waals surface area (Å²) in [6.07, 6.45) is 1.64. The number of benzene rings is 1. The van der Waals surface area contributed by atoms with Gasteiger partial charge in [-0.25, -0.2) is 8.42 Å². The van der Waals surface area contributed by atoms with Crippen LogP contribution in [0, 0.1) is 0 Å². The van der Waals surface area contributed by atoms with Gasteiger partial charge in [0.15, 0.2) is 6.04 Å². The number of nitrogens with one attached hydrogen (secondary N) is 2. The van der Waals surface area contributed by atoms with Gasteiger partial charge >= 0.3 is 0 Å². The van der Waals surface area contributed by atoms with Crippen molar-refractivity contribution in [1.82, 2.24) is 9.62 Å². The topological polar surface area (TPSA) is 70.9 Å². The zero-order chi connectivity index (χ0) is 17.7. The summed E-state index contributed by atoms with van der Waals surface area (Å²) < 4.78 is 27.7. The lowest BCUT2D eigenvalue weighted by Crippen LogP contribution is -3.19. The molecule has 0 radical (unpaired) electrons. The van der Waals surface area contributed by atoms with E-state index in [0.717, 1.165) is 9.37 Å². The molecule has 0 aliphatic carbocycles. The summed E-state index contributed by atoms with van der Waals surface area (Å²) in [4.78, 5) is 13.4. The number of hydrogen-bond donors (Lipinski definition) is 2. The highest BCUT2D eigenvalue weighted by Gasteiger charge is 2.34. The zero-order valence-corrected chi connectivity index (χ0v) is 16.1. The maximum atomic E-state index is 12.7. The number of quaternary nitrogens is 1. The van der Waals surface area contributed by atoms with Crippen molar-refractivity contribution in [1.29, 1.82) is 0 Å². The molecule has 1 aliphatic heterocycles. The Kier molecular flexibility index (Phi) is 6.56. The van der Waals surface area contributed by atoms with Gasteiger partial charge in [-0.1, -0.05) is 22.0 Å². The Balaban J connectivity index is 1.98. The van der Waals surface area contributed by atoms with Crippen molar-refractivity contribution in [2.75, 3.05) is 32.7 Å². The Labute approximate surface area is 151 Å². The highest BCUT2D eigenvalue weighted by molar-refractivity contribution is 9.10. The number of hydrogen-bond acceptors (Lipinski definition) is 3. The highest BCUT2D eigenvalue weighted by atomic mass is 79.9. The Hall–Kier alpha value is -1.22. The highest BCUT2D eigenvalue weighted by Crippen LogP contribution is 2.18. The number of nitrogens with zero attached hydrogens (tertiary/aromatic N) is 1. The van der Waals surface area contributed by atoms with Crippen LogP contribution in [0.15, 0.2) is 46.3 Å². The molecule has 0 saturated carbocycles. The third kappa shape index (κ3) is 4.44. The molecule has 6 nitrogen and oxygen atoms in total. The molecule has 0 bridgehead atoms. The smallest absolute Gasteiger partial charge is 0.278 e. The molecule has 1 fully saturated rings. The average Bonchev–Trinajstić information content (AvgIpc) is 2.59. The zero-order valence-electron chi connectivity index (χ0n) is 13.7. The molecule has 1 aliphatic rings. The number of piperazine rings is 1. The number of amides is 1. The molecular weight excluding hydrogens is 394 g/mol. The van der Waals surface area contributed by atoms with Gasteiger partial charge in [0.25, 0.3) is 5.91 Å². The molecule has 1 saturated heterocycles. The minimum Gasteiger partial charge on any atom is -0.347 e. The van der Waals surface area contributed by atoms with E-state index in [1.807, 2.05) is 6.92 Å². The Morgan fingerprint density at radius 3 is 2.50 bits per heavy atom. The molecule has 8 heteroatoms. The average molecular weight is 417 g/mol. The van der Waals surface area contributed by atoms with Crippen molar-refractivity contribution in [3.05, 3.63) is 41.4 Å². The van der Waals surface area contributed by atoms with E-state index in [1.165, 1.54) is 4.31 Å². The molecule has 0 spiro atoms. The SMILES string of the molecule is C=CCNC(=O)[C@@H](C)[NH+]1CCN(S(=O)(=O)c2ccc(Br)cc2)CC1. The number of sulfonamides is 1. The van der Waals surface area contributed by atoms with Gasteiger partial charge in [-0.05, 0) is 31.2 Å². The molecule has 1 aromatic rings. The van der Waals surface area contributed by atoms with Gasteiger partial charge in [0, 0.05) is 11.0 Å². The fraction of sp³-hybridized carbons (Fsp3) is 0.438.